The monoisotopic (exact) mass is 392 g/mol. The molecule has 0 saturated heterocycles. The van der Waals surface area contributed by atoms with Crippen molar-refractivity contribution in [3.05, 3.63) is 47.1 Å². The van der Waals surface area contributed by atoms with Gasteiger partial charge in [0.15, 0.2) is 5.82 Å². The Morgan fingerprint density at radius 1 is 1.22 bits per heavy atom. The van der Waals surface area contributed by atoms with Crippen LogP contribution in [0, 0.1) is 5.92 Å². The normalized spacial score (nSPS) is 12.9. The number of carbonyl (C=O) groups is 3. The lowest BCUT2D eigenvalue weighted by Crippen LogP contribution is -2.47. The molecule has 8 nitrogen and oxygen atoms in total. The van der Waals surface area contributed by atoms with Crippen LogP contribution in [0.4, 0.5) is 5.82 Å². The smallest absolute Gasteiger partial charge is 0.325 e. The minimum atomic E-state index is -1.04. The van der Waals surface area contributed by atoms with Crippen LogP contribution in [0.5, 0.6) is 0 Å². The average molecular weight is 393 g/mol. The fraction of sp³-hybridized carbons (Fsp3) is 0.333. The van der Waals surface area contributed by atoms with Crippen molar-refractivity contribution in [1.29, 1.82) is 0 Å². The molecule has 0 aliphatic carbocycles. The number of anilines is 1. The van der Waals surface area contributed by atoms with Crippen molar-refractivity contribution in [2.45, 2.75) is 32.9 Å². The summed E-state index contributed by atoms with van der Waals surface area (Å²) >= 11 is 5.83. The number of carbonyl (C=O) groups excluding carboxylic acids is 2. The Hall–Kier alpha value is -2.87. The van der Waals surface area contributed by atoms with Crippen molar-refractivity contribution in [2.24, 2.45) is 5.92 Å². The minimum absolute atomic E-state index is 0.123. The number of aromatic nitrogens is 2. The van der Waals surface area contributed by atoms with Gasteiger partial charge in [0.2, 0.25) is 5.91 Å². The number of hydrogen-bond donors (Lipinski definition) is 3. The first-order valence-electron chi connectivity index (χ1n) is 8.42. The summed E-state index contributed by atoms with van der Waals surface area (Å²) in [6.07, 6.45) is 2.13. The lowest BCUT2D eigenvalue weighted by molar-refractivity contribution is -0.137. The summed E-state index contributed by atoms with van der Waals surface area (Å²) in [5.74, 6) is -1.75. The predicted molar refractivity (Wildman–Crippen MR) is 101 cm³/mol. The van der Waals surface area contributed by atoms with Crippen molar-refractivity contribution in [2.75, 3.05) is 5.32 Å². The Morgan fingerprint density at radius 2 is 1.89 bits per heavy atom. The first-order chi connectivity index (χ1) is 12.8. The molecule has 1 aromatic carbocycles. The molecule has 0 aliphatic rings. The van der Waals surface area contributed by atoms with Gasteiger partial charge in [-0.3, -0.25) is 19.1 Å². The highest BCUT2D eigenvalue weighted by Crippen LogP contribution is 2.14. The Balaban J connectivity index is 2.09. The molecule has 9 heteroatoms. The van der Waals surface area contributed by atoms with E-state index in [1.54, 1.807) is 24.3 Å². The van der Waals surface area contributed by atoms with E-state index in [9.17, 15) is 14.4 Å². The van der Waals surface area contributed by atoms with E-state index in [0.29, 0.717) is 17.0 Å². The Kier molecular flexibility index (Phi) is 6.95. The second kappa shape index (κ2) is 9.18. The van der Waals surface area contributed by atoms with Crippen molar-refractivity contribution >= 4 is 35.2 Å². The van der Waals surface area contributed by atoms with Gasteiger partial charge in [0.1, 0.15) is 12.6 Å². The molecular weight excluding hydrogens is 372 g/mol. The SMILES string of the molecule is CCC(C)C(NC(=O)c1ccc(Cl)cc1)C(=O)Nc1ccn(CC(=O)O)n1. The van der Waals surface area contributed by atoms with Gasteiger partial charge in [0.05, 0.1) is 0 Å². The molecule has 0 spiro atoms. The third-order valence-corrected chi connectivity index (χ3v) is 4.33. The van der Waals surface area contributed by atoms with Crippen LogP contribution in [-0.4, -0.2) is 38.7 Å². The standard InChI is InChI=1S/C18H21ClN4O4/c1-3-11(2)16(21-17(26)12-4-6-13(19)7-5-12)18(27)20-14-8-9-23(22-14)10-15(24)25/h4-9,11,16H,3,10H2,1-2H3,(H,21,26)(H,24,25)(H,20,22,27). The zero-order valence-electron chi connectivity index (χ0n) is 15.0. The summed E-state index contributed by atoms with van der Waals surface area (Å²) in [6.45, 7) is 3.47. The number of nitrogens with one attached hydrogen (secondary N) is 2. The number of rotatable bonds is 8. The highest BCUT2D eigenvalue weighted by atomic mass is 35.5. The van der Waals surface area contributed by atoms with Gasteiger partial charge in [-0.25, -0.2) is 0 Å². The van der Waals surface area contributed by atoms with E-state index < -0.39 is 17.9 Å². The van der Waals surface area contributed by atoms with Crippen LogP contribution < -0.4 is 10.6 Å². The maximum absolute atomic E-state index is 12.7. The number of hydrogen-bond acceptors (Lipinski definition) is 4. The summed E-state index contributed by atoms with van der Waals surface area (Å²) in [7, 11) is 0. The first kappa shape index (κ1) is 20.4. The molecule has 0 fully saturated rings. The van der Waals surface area contributed by atoms with Crippen molar-refractivity contribution in [3.8, 4) is 0 Å². The maximum Gasteiger partial charge on any atom is 0.325 e. The summed E-state index contributed by atoms with van der Waals surface area (Å²) < 4.78 is 1.20. The van der Waals surface area contributed by atoms with E-state index in [1.807, 2.05) is 13.8 Å². The lowest BCUT2D eigenvalue weighted by atomic mass is 9.98. The quantitative estimate of drug-likeness (QED) is 0.638. The molecule has 2 rings (SSSR count). The minimum Gasteiger partial charge on any atom is -0.480 e. The summed E-state index contributed by atoms with van der Waals surface area (Å²) in [6, 6.07) is 7.08. The fourth-order valence-corrected chi connectivity index (χ4v) is 2.51. The van der Waals surface area contributed by atoms with Crippen LogP contribution in [-0.2, 0) is 16.1 Å². The van der Waals surface area contributed by atoms with Crippen LogP contribution in [0.15, 0.2) is 36.5 Å². The second-order valence-corrected chi connectivity index (χ2v) is 6.56. The number of nitrogens with zero attached hydrogens (tertiary/aromatic N) is 2. The topological polar surface area (TPSA) is 113 Å². The molecule has 0 bridgehead atoms. The Morgan fingerprint density at radius 3 is 2.48 bits per heavy atom. The van der Waals surface area contributed by atoms with E-state index >= 15 is 0 Å². The van der Waals surface area contributed by atoms with E-state index in [4.69, 9.17) is 16.7 Å². The first-order valence-corrected chi connectivity index (χ1v) is 8.80. The van der Waals surface area contributed by atoms with Gasteiger partial charge >= 0.3 is 5.97 Å². The van der Waals surface area contributed by atoms with Gasteiger partial charge in [0.25, 0.3) is 5.91 Å². The number of benzene rings is 1. The predicted octanol–water partition coefficient (Wildman–Crippen LogP) is 2.40. The van der Waals surface area contributed by atoms with Gasteiger partial charge in [-0.15, -0.1) is 0 Å². The number of carboxylic acid groups (broad SMARTS) is 1. The molecule has 0 saturated carbocycles. The van der Waals surface area contributed by atoms with Gasteiger partial charge in [-0.2, -0.15) is 5.10 Å². The largest absolute Gasteiger partial charge is 0.480 e. The van der Waals surface area contributed by atoms with Crippen molar-refractivity contribution in [3.63, 3.8) is 0 Å². The van der Waals surface area contributed by atoms with Crippen LogP contribution in [0.3, 0.4) is 0 Å². The highest BCUT2D eigenvalue weighted by Gasteiger charge is 2.27. The third kappa shape index (κ3) is 5.82. The molecule has 27 heavy (non-hydrogen) atoms. The zero-order chi connectivity index (χ0) is 20.0. The molecular formula is C18H21ClN4O4. The van der Waals surface area contributed by atoms with Gasteiger partial charge in [-0.05, 0) is 30.2 Å². The highest BCUT2D eigenvalue weighted by molar-refractivity contribution is 6.30. The number of aliphatic carboxylic acids is 1. The van der Waals surface area contributed by atoms with Gasteiger partial charge in [0, 0.05) is 22.8 Å². The van der Waals surface area contributed by atoms with Crippen molar-refractivity contribution < 1.29 is 19.5 Å². The van der Waals surface area contributed by atoms with Crippen LogP contribution >= 0.6 is 11.6 Å². The lowest BCUT2D eigenvalue weighted by Gasteiger charge is -2.23. The molecule has 144 valence electrons. The zero-order valence-corrected chi connectivity index (χ0v) is 15.7. The van der Waals surface area contributed by atoms with Crippen LogP contribution in [0.25, 0.3) is 0 Å². The van der Waals surface area contributed by atoms with Crippen LogP contribution in [0.1, 0.15) is 30.6 Å². The fourth-order valence-electron chi connectivity index (χ4n) is 2.39. The number of carboxylic acids is 1. The number of amides is 2. The molecule has 2 unspecified atom stereocenters. The number of halogens is 1. The molecule has 1 aromatic heterocycles. The second-order valence-electron chi connectivity index (χ2n) is 6.13. The van der Waals surface area contributed by atoms with E-state index in [2.05, 4.69) is 15.7 Å². The molecule has 0 radical (unpaired) electrons. The van der Waals surface area contributed by atoms with Gasteiger partial charge < -0.3 is 15.7 Å². The van der Waals surface area contributed by atoms with E-state index in [1.165, 1.54) is 16.9 Å². The maximum atomic E-state index is 12.7. The summed E-state index contributed by atoms with van der Waals surface area (Å²) in [5.41, 5.74) is 0.395. The summed E-state index contributed by atoms with van der Waals surface area (Å²) in [4.78, 5) is 35.8. The molecule has 2 aromatic rings. The third-order valence-electron chi connectivity index (χ3n) is 4.08. The Bertz CT molecular complexity index is 819. The van der Waals surface area contributed by atoms with E-state index in [-0.39, 0.29) is 24.2 Å². The molecule has 0 aliphatic heterocycles. The summed E-state index contributed by atoms with van der Waals surface area (Å²) in [5, 5.41) is 18.6. The molecule has 1 heterocycles. The Labute approximate surface area is 161 Å². The van der Waals surface area contributed by atoms with Crippen molar-refractivity contribution in [1.82, 2.24) is 15.1 Å². The van der Waals surface area contributed by atoms with E-state index in [0.717, 1.165) is 0 Å². The van der Waals surface area contributed by atoms with Gasteiger partial charge in [-0.1, -0.05) is 31.9 Å². The molecule has 3 N–H and O–H groups in total. The van der Waals surface area contributed by atoms with Crippen LogP contribution in [0.2, 0.25) is 5.02 Å². The molecule has 2 atom stereocenters. The average Bonchev–Trinajstić information content (AvgIpc) is 3.05. The molecule has 2 amide bonds.